The Hall–Kier alpha value is -2.59. The minimum absolute atomic E-state index is 0.0690. The van der Waals surface area contributed by atoms with Gasteiger partial charge in [-0.2, -0.15) is 0 Å². The average Bonchev–Trinajstić information content (AvgIpc) is 2.98. The van der Waals surface area contributed by atoms with E-state index >= 15 is 0 Å². The number of benzene rings is 2. The van der Waals surface area contributed by atoms with Crippen LogP contribution in [0.3, 0.4) is 0 Å². The van der Waals surface area contributed by atoms with Crippen molar-refractivity contribution in [2.45, 2.75) is 19.4 Å². The maximum absolute atomic E-state index is 12.2. The molecule has 3 aromatic rings. The Kier molecular flexibility index (Phi) is 3.92. The predicted molar refractivity (Wildman–Crippen MR) is 89.3 cm³/mol. The summed E-state index contributed by atoms with van der Waals surface area (Å²) in [5.41, 5.74) is 1.10. The highest BCUT2D eigenvalue weighted by molar-refractivity contribution is 5.94. The lowest BCUT2D eigenvalue weighted by molar-refractivity contribution is 0.0344. The number of rotatable bonds is 4. The Bertz CT molecular complexity index is 798. The third-order valence-corrected chi connectivity index (χ3v) is 3.86. The van der Waals surface area contributed by atoms with Crippen molar-refractivity contribution < 1.29 is 14.3 Å². The third-order valence-electron chi connectivity index (χ3n) is 3.86. The fourth-order valence-electron chi connectivity index (χ4n) is 2.39. The fourth-order valence-corrected chi connectivity index (χ4v) is 2.39. The largest absolute Gasteiger partial charge is 0.458 e. The fraction of sp³-hybridized carbons (Fsp3) is 0.211. The highest BCUT2D eigenvalue weighted by Crippen LogP contribution is 2.27. The van der Waals surface area contributed by atoms with Crippen molar-refractivity contribution in [2.24, 2.45) is 0 Å². The summed E-state index contributed by atoms with van der Waals surface area (Å²) >= 11 is 0. The molecule has 4 nitrogen and oxygen atoms in total. The molecule has 0 aliphatic heterocycles. The van der Waals surface area contributed by atoms with Crippen LogP contribution in [0.1, 0.15) is 28.6 Å². The molecule has 1 heterocycles. The number of furan rings is 1. The van der Waals surface area contributed by atoms with Crippen molar-refractivity contribution in [1.82, 2.24) is 5.32 Å². The molecule has 2 aromatic carbocycles. The topological polar surface area (TPSA) is 62.5 Å². The van der Waals surface area contributed by atoms with Gasteiger partial charge >= 0.3 is 0 Å². The third kappa shape index (κ3) is 3.27. The second-order valence-electron chi connectivity index (χ2n) is 5.97. The lowest BCUT2D eigenvalue weighted by Crippen LogP contribution is -2.38. The van der Waals surface area contributed by atoms with Gasteiger partial charge in [-0.1, -0.05) is 35.9 Å². The van der Waals surface area contributed by atoms with Gasteiger partial charge < -0.3 is 14.8 Å². The molecule has 0 saturated heterocycles. The molecule has 0 aliphatic rings. The summed E-state index contributed by atoms with van der Waals surface area (Å²) in [5.74, 6) is 0.212. The van der Waals surface area contributed by atoms with Gasteiger partial charge in [0.15, 0.2) is 0 Å². The van der Waals surface area contributed by atoms with Crippen LogP contribution in [0, 0.1) is 6.92 Å². The standard InChI is InChI=1S/C19H19NO3/c1-13-7-9-14(10-8-13)18(21)20-12-19(2,22)17-11-15-5-3-4-6-16(15)23-17/h3-11,22H,12H2,1-2H3,(H,20,21). The number of para-hydroxylation sites is 1. The Morgan fingerprint density at radius 3 is 2.57 bits per heavy atom. The molecule has 0 bridgehead atoms. The molecule has 0 aliphatic carbocycles. The van der Waals surface area contributed by atoms with Crippen LogP contribution < -0.4 is 5.32 Å². The van der Waals surface area contributed by atoms with Gasteiger partial charge in [0.25, 0.3) is 5.91 Å². The van der Waals surface area contributed by atoms with Crippen LogP contribution in [0.25, 0.3) is 11.0 Å². The smallest absolute Gasteiger partial charge is 0.251 e. The zero-order valence-corrected chi connectivity index (χ0v) is 13.2. The van der Waals surface area contributed by atoms with Gasteiger partial charge in [-0.05, 0) is 38.1 Å². The van der Waals surface area contributed by atoms with Crippen molar-refractivity contribution in [1.29, 1.82) is 0 Å². The van der Waals surface area contributed by atoms with E-state index in [1.165, 1.54) is 0 Å². The van der Waals surface area contributed by atoms with Crippen LogP contribution in [0.4, 0.5) is 0 Å². The van der Waals surface area contributed by atoms with E-state index in [-0.39, 0.29) is 12.5 Å². The van der Waals surface area contributed by atoms with Gasteiger partial charge in [0, 0.05) is 10.9 Å². The molecule has 4 heteroatoms. The molecule has 1 aromatic heterocycles. The van der Waals surface area contributed by atoms with Crippen molar-refractivity contribution in [2.75, 3.05) is 6.54 Å². The van der Waals surface area contributed by atoms with Crippen molar-refractivity contribution in [3.05, 3.63) is 71.5 Å². The van der Waals surface area contributed by atoms with Crippen LogP contribution in [-0.4, -0.2) is 17.6 Å². The lowest BCUT2D eigenvalue weighted by Gasteiger charge is -2.21. The first kappa shape index (κ1) is 15.3. The van der Waals surface area contributed by atoms with Crippen molar-refractivity contribution in [3.63, 3.8) is 0 Å². The predicted octanol–water partition coefficient (Wildman–Crippen LogP) is 3.38. The normalized spacial score (nSPS) is 13.7. The summed E-state index contributed by atoms with van der Waals surface area (Å²) in [6.45, 7) is 3.66. The van der Waals surface area contributed by atoms with E-state index in [0.29, 0.717) is 16.9 Å². The van der Waals surface area contributed by atoms with Gasteiger partial charge in [0.2, 0.25) is 0 Å². The molecule has 0 fully saturated rings. The Labute approximate surface area is 134 Å². The zero-order valence-electron chi connectivity index (χ0n) is 13.2. The van der Waals surface area contributed by atoms with Crippen molar-refractivity contribution in [3.8, 4) is 0 Å². The van der Waals surface area contributed by atoms with Crippen LogP contribution in [0.15, 0.2) is 59.0 Å². The van der Waals surface area contributed by atoms with Crippen LogP contribution in [-0.2, 0) is 5.60 Å². The highest BCUT2D eigenvalue weighted by Gasteiger charge is 2.28. The number of hydrogen-bond acceptors (Lipinski definition) is 3. The summed E-state index contributed by atoms with van der Waals surface area (Å²) in [6.07, 6.45) is 0. The number of hydrogen-bond donors (Lipinski definition) is 2. The molecule has 0 spiro atoms. The van der Waals surface area contributed by atoms with Gasteiger partial charge in [-0.25, -0.2) is 0 Å². The number of aliphatic hydroxyl groups is 1. The number of aryl methyl sites for hydroxylation is 1. The number of fused-ring (bicyclic) bond motifs is 1. The maximum Gasteiger partial charge on any atom is 0.251 e. The molecule has 0 radical (unpaired) electrons. The lowest BCUT2D eigenvalue weighted by atomic mass is 10.0. The second kappa shape index (κ2) is 5.89. The minimum Gasteiger partial charge on any atom is -0.458 e. The first-order valence-electron chi connectivity index (χ1n) is 7.52. The Morgan fingerprint density at radius 1 is 1.17 bits per heavy atom. The molecule has 1 unspecified atom stereocenters. The summed E-state index contributed by atoms with van der Waals surface area (Å²) in [5, 5.41) is 14.3. The molecule has 1 atom stereocenters. The summed E-state index contributed by atoms with van der Waals surface area (Å²) in [4.78, 5) is 12.2. The Morgan fingerprint density at radius 2 is 1.87 bits per heavy atom. The van der Waals surface area contributed by atoms with Gasteiger partial charge in [0.1, 0.15) is 16.9 Å². The molecular formula is C19H19NO3. The zero-order chi connectivity index (χ0) is 16.4. The number of carbonyl (C=O) groups excluding carboxylic acids is 1. The molecule has 118 valence electrons. The van der Waals surface area contributed by atoms with E-state index in [2.05, 4.69) is 5.32 Å². The summed E-state index contributed by atoms with van der Waals surface area (Å²) < 4.78 is 5.69. The van der Waals surface area contributed by atoms with Crippen LogP contribution in [0.2, 0.25) is 0 Å². The number of carbonyl (C=O) groups is 1. The summed E-state index contributed by atoms with van der Waals surface area (Å²) in [6, 6.07) is 16.6. The molecule has 23 heavy (non-hydrogen) atoms. The van der Waals surface area contributed by atoms with Crippen LogP contribution in [0.5, 0.6) is 0 Å². The van der Waals surface area contributed by atoms with E-state index in [1.54, 1.807) is 25.1 Å². The first-order chi connectivity index (χ1) is 11.0. The quantitative estimate of drug-likeness (QED) is 0.776. The monoisotopic (exact) mass is 309 g/mol. The first-order valence-corrected chi connectivity index (χ1v) is 7.52. The molecule has 3 rings (SSSR count). The van der Waals surface area contributed by atoms with Gasteiger partial charge in [-0.15, -0.1) is 0 Å². The second-order valence-corrected chi connectivity index (χ2v) is 5.97. The molecule has 1 amide bonds. The van der Waals surface area contributed by atoms with E-state index in [0.717, 1.165) is 10.9 Å². The number of nitrogens with one attached hydrogen (secondary N) is 1. The van der Waals surface area contributed by atoms with Crippen molar-refractivity contribution >= 4 is 16.9 Å². The Balaban J connectivity index is 1.73. The van der Waals surface area contributed by atoms with Crippen LogP contribution >= 0.6 is 0 Å². The molecular weight excluding hydrogens is 290 g/mol. The summed E-state index contributed by atoms with van der Waals surface area (Å²) in [7, 11) is 0. The average molecular weight is 309 g/mol. The van der Waals surface area contributed by atoms with E-state index in [4.69, 9.17) is 4.42 Å². The molecule has 2 N–H and O–H groups in total. The minimum atomic E-state index is -1.28. The van der Waals surface area contributed by atoms with E-state index in [1.807, 2.05) is 43.3 Å². The highest BCUT2D eigenvalue weighted by atomic mass is 16.4. The number of amides is 1. The van der Waals surface area contributed by atoms with E-state index in [9.17, 15) is 9.90 Å². The SMILES string of the molecule is Cc1ccc(C(=O)NCC(C)(O)c2cc3ccccc3o2)cc1. The van der Waals surface area contributed by atoms with Gasteiger partial charge in [0.05, 0.1) is 6.54 Å². The van der Waals surface area contributed by atoms with Gasteiger partial charge in [-0.3, -0.25) is 4.79 Å². The molecule has 0 saturated carbocycles. The maximum atomic E-state index is 12.2. The van der Waals surface area contributed by atoms with E-state index < -0.39 is 5.60 Å².